The highest BCUT2D eigenvalue weighted by atomic mass is 19.1. The van der Waals surface area contributed by atoms with Gasteiger partial charge in [0.1, 0.15) is 17.1 Å². The molecule has 1 aromatic carbocycles. The summed E-state index contributed by atoms with van der Waals surface area (Å²) in [6, 6.07) is 0.748. The lowest BCUT2D eigenvalue weighted by atomic mass is 10.1. The van der Waals surface area contributed by atoms with Crippen molar-refractivity contribution < 1.29 is 23.5 Å². The normalized spacial score (nSPS) is 17.7. The van der Waals surface area contributed by atoms with Crippen molar-refractivity contribution in [3.63, 3.8) is 0 Å². The second-order valence-electron chi connectivity index (χ2n) is 6.97. The number of aromatic carboxylic acids is 1. The summed E-state index contributed by atoms with van der Waals surface area (Å²) < 4.78 is 31.5. The number of nitrogens with zero attached hydrogens (tertiary/aromatic N) is 3. The number of benzene rings is 1. The Bertz CT molecular complexity index is 1050. The molecular weight excluding hydrogens is 360 g/mol. The standard InChI is InChI=1S/C18H17F2N3O4/c1-21-4-5-22(8-13(21)24)16-12(19)6-10-15(14(16)20)23(9-2-3-9)7-11(17(10)25)18(26)27/h6-7,9H,2-5,8H2,1H3,(H,26,27). The number of aromatic nitrogens is 1. The molecule has 1 amide bonds. The molecule has 2 fully saturated rings. The lowest BCUT2D eigenvalue weighted by Gasteiger charge is -2.34. The average molecular weight is 377 g/mol. The van der Waals surface area contributed by atoms with E-state index in [4.69, 9.17) is 0 Å². The number of pyridine rings is 1. The fourth-order valence-corrected chi connectivity index (χ4v) is 3.46. The Morgan fingerprint density at radius 1 is 1.22 bits per heavy atom. The lowest BCUT2D eigenvalue weighted by molar-refractivity contribution is -0.129. The van der Waals surface area contributed by atoms with Gasteiger partial charge in [-0.3, -0.25) is 9.59 Å². The van der Waals surface area contributed by atoms with E-state index >= 15 is 4.39 Å². The number of likely N-dealkylation sites (N-methyl/N-ethyl adjacent to an activating group) is 1. The summed E-state index contributed by atoms with van der Waals surface area (Å²) in [5.41, 5.74) is -1.92. The molecule has 27 heavy (non-hydrogen) atoms. The van der Waals surface area contributed by atoms with Gasteiger partial charge in [0.05, 0.1) is 17.4 Å². The smallest absolute Gasteiger partial charge is 0.341 e. The van der Waals surface area contributed by atoms with Crippen LogP contribution in [0, 0.1) is 11.6 Å². The average Bonchev–Trinajstić information content (AvgIpc) is 3.43. The number of piperazine rings is 1. The van der Waals surface area contributed by atoms with Crippen LogP contribution in [0.2, 0.25) is 0 Å². The first kappa shape index (κ1) is 17.4. The van der Waals surface area contributed by atoms with Crippen LogP contribution in [0.15, 0.2) is 17.1 Å². The Hall–Kier alpha value is -2.97. The van der Waals surface area contributed by atoms with Crippen LogP contribution in [0.5, 0.6) is 0 Å². The Balaban J connectivity index is 1.97. The van der Waals surface area contributed by atoms with E-state index in [1.807, 2.05) is 0 Å². The molecule has 1 aliphatic carbocycles. The number of halogens is 2. The van der Waals surface area contributed by atoms with Crippen molar-refractivity contribution >= 4 is 28.5 Å². The van der Waals surface area contributed by atoms with Crippen LogP contribution in [-0.2, 0) is 4.79 Å². The first-order valence-corrected chi connectivity index (χ1v) is 8.58. The van der Waals surface area contributed by atoms with Crippen molar-refractivity contribution in [2.45, 2.75) is 18.9 Å². The summed E-state index contributed by atoms with van der Waals surface area (Å²) >= 11 is 0. The first-order chi connectivity index (χ1) is 12.8. The first-order valence-electron chi connectivity index (χ1n) is 8.58. The number of amides is 1. The van der Waals surface area contributed by atoms with Crippen molar-refractivity contribution in [2.24, 2.45) is 0 Å². The summed E-state index contributed by atoms with van der Waals surface area (Å²) in [7, 11) is 1.62. The molecule has 0 atom stereocenters. The predicted octanol–water partition coefficient (Wildman–Crippen LogP) is 1.59. The molecule has 0 unspecified atom stereocenters. The van der Waals surface area contributed by atoms with Gasteiger partial charge in [-0.15, -0.1) is 0 Å². The maximum atomic E-state index is 15.4. The van der Waals surface area contributed by atoms with Crippen LogP contribution in [0.3, 0.4) is 0 Å². The minimum atomic E-state index is -1.44. The molecule has 1 aliphatic heterocycles. The zero-order chi connectivity index (χ0) is 19.5. The van der Waals surface area contributed by atoms with Crippen LogP contribution in [0.1, 0.15) is 29.2 Å². The third-order valence-corrected chi connectivity index (χ3v) is 5.13. The number of rotatable bonds is 3. The highest BCUT2D eigenvalue weighted by Gasteiger charge is 2.32. The molecule has 2 aromatic rings. The molecule has 4 rings (SSSR count). The number of carbonyl (C=O) groups is 2. The molecule has 1 aromatic heterocycles. The topological polar surface area (TPSA) is 82.8 Å². The Morgan fingerprint density at radius 3 is 2.52 bits per heavy atom. The van der Waals surface area contributed by atoms with Crippen molar-refractivity contribution in [1.29, 1.82) is 0 Å². The van der Waals surface area contributed by atoms with E-state index in [9.17, 15) is 23.9 Å². The van der Waals surface area contributed by atoms with Crippen LogP contribution in [-0.4, -0.2) is 53.1 Å². The van der Waals surface area contributed by atoms with E-state index in [2.05, 4.69) is 0 Å². The van der Waals surface area contributed by atoms with Crippen LogP contribution >= 0.6 is 0 Å². The van der Waals surface area contributed by atoms with Gasteiger partial charge in [-0.05, 0) is 18.9 Å². The quantitative estimate of drug-likeness (QED) is 0.879. The largest absolute Gasteiger partial charge is 0.477 e. The summed E-state index contributed by atoms with van der Waals surface area (Å²) in [6.45, 7) is 0.405. The Labute approximate surface area is 152 Å². The van der Waals surface area contributed by atoms with Crippen molar-refractivity contribution in [1.82, 2.24) is 9.47 Å². The van der Waals surface area contributed by atoms with Gasteiger partial charge in [0.25, 0.3) is 0 Å². The zero-order valence-electron chi connectivity index (χ0n) is 14.5. The molecule has 1 saturated heterocycles. The van der Waals surface area contributed by atoms with E-state index in [0.717, 1.165) is 25.1 Å². The van der Waals surface area contributed by atoms with E-state index in [-0.39, 0.29) is 41.6 Å². The second kappa shape index (κ2) is 6.04. The molecule has 7 nitrogen and oxygen atoms in total. The van der Waals surface area contributed by atoms with Crippen LogP contribution in [0.25, 0.3) is 10.9 Å². The fraction of sp³-hybridized carbons (Fsp3) is 0.389. The Morgan fingerprint density at radius 2 is 1.93 bits per heavy atom. The lowest BCUT2D eigenvalue weighted by Crippen LogP contribution is -2.49. The predicted molar refractivity (Wildman–Crippen MR) is 93.2 cm³/mol. The number of carboxylic acids is 1. The molecule has 2 aliphatic rings. The molecule has 1 saturated carbocycles. The van der Waals surface area contributed by atoms with Crippen LogP contribution in [0.4, 0.5) is 14.5 Å². The third kappa shape index (κ3) is 2.73. The van der Waals surface area contributed by atoms with Gasteiger partial charge in [-0.2, -0.15) is 0 Å². The maximum absolute atomic E-state index is 15.4. The molecule has 142 valence electrons. The fourth-order valence-electron chi connectivity index (χ4n) is 3.46. The highest BCUT2D eigenvalue weighted by Crippen LogP contribution is 2.39. The van der Waals surface area contributed by atoms with Gasteiger partial charge in [0.2, 0.25) is 11.3 Å². The molecule has 9 heteroatoms. The van der Waals surface area contributed by atoms with Gasteiger partial charge in [0, 0.05) is 32.4 Å². The Kier molecular flexibility index (Phi) is 3.90. The molecule has 0 bridgehead atoms. The van der Waals surface area contributed by atoms with Gasteiger partial charge in [-0.25, -0.2) is 13.6 Å². The minimum Gasteiger partial charge on any atom is -0.477 e. The molecule has 1 N–H and O–H groups in total. The molecule has 2 heterocycles. The molecule has 0 spiro atoms. The van der Waals surface area contributed by atoms with Gasteiger partial charge >= 0.3 is 5.97 Å². The van der Waals surface area contributed by atoms with Gasteiger partial charge in [-0.1, -0.05) is 0 Å². The van der Waals surface area contributed by atoms with Crippen molar-refractivity contribution in [3.8, 4) is 0 Å². The van der Waals surface area contributed by atoms with Crippen molar-refractivity contribution in [2.75, 3.05) is 31.6 Å². The van der Waals surface area contributed by atoms with Crippen molar-refractivity contribution in [3.05, 3.63) is 39.7 Å². The number of fused-ring (bicyclic) bond motifs is 1. The van der Waals surface area contributed by atoms with Gasteiger partial charge in [0.15, 0.2) is 5.82 Å². The third-order valence-electron chi connectivity index (χ3n) is 5.13. The summed E-state index contributed by atoms with van der Waals surface area (Å²) in [5, 5.41) is 8.95. The SMILES string of the molecule is CN1CCN(c2c(F)cc3c(=O)c(C(=O)O)cn(C4CC4)c3c2F)CC1=O. The summed E-state index contributed by atoms with van der Waals surface area (Å²) in [5.74, 6) is -3.63. The van der Waals surface area contributed by atoms with E-state index in [0.29, 0.717) is 6.54 Å². The highest BCUT2D eigenvalue weighted by molar-refractivity contribution is 5.94. The summed E-state index contributed by atoms with van der Waals surface area (Å²) in [6.07, 6.45) is 2.57. The number of hydrogen-bond acceptors (Lipinski definition) is 4. The minimum absolute atomic E-state index is 0.115. The number of hydrogen-bond donors (Lipinski definition) is 1. The number of anilines is 1. The summed E-state index contributed by atoms with van der Waals surface area (Å²) in [4.78, 5) is 38.6. The second-order valence-corrected chi connectivity index (χ2v) is 6.97. The van der Waals surface area contributed by atoms with E-state index in [1.165, 1.54) is 14.4 Å². The number of carboxylic acid groups (broad SMARTS) is 1. The zero-order valence-corrected chi connectivity index (χ0v) is 14.5. The van der Waals surface area contributed by atoms with E-state index in [1.54, 1.807) is 7.05 Å². The van der Waals surface area contributed by atoms with Crippen LogP contribution < -0.4 is 10.3 Å². The van der Waals surface area contributed by atoms with Gasteiger partial charge < -0.3 is 19.5 Å². The maximum Gasteiger partial charge on any atom is 0.341 e. The monoisotopic (exact) mass is 377 g/mol. The molecule has 0 radical (unpaired) electrons. The number of carbonyl (C=O) groups excluding carboxylic acids is 1. The molecular formula is C18H17F2N3O4. The van der Waals surface area contributed by atoms with E-state index < -0.39 is 28.6 Å².